The molecule has 4 atom stereocenters. The molecule has 0 radical (unpaired) electrons. The number of guanidine groups is 1. The molecule has 9 N–H and O–H groups in total. The molecule has 0 saturated carbocycles. The first-order valence-electron chi connectivity index (χ1n) is 22.2. The molecule has 15 nitrogen and oxygen atoms in total. The van der Waals surface area contributed by atoms with Crippen molar-refractivity contribution in [1.29, 1.82) is 0 Å². The van der Waals surface area contributed by atoms with Crippen molar-refractivity contribution in [3.8, 4) is 0 Å². The van der Waals surface area contributed by atoms with E-state index in [1.165, 1.54) is 6.92 Å². The predicted molar refractivity (Wildman–Crippen MR) is 252 cm³/mol. The van der Waals surface area contributed by atoms with E-state index in [2.05, 4.69) is 31.6 Å². The molecule has 344 valence electrons. The van der Waals surface area contributed by atoms with Crippen LogP contribution in [-0.4, -0.2) is 92.1 Å². The molecule has 5 amide bonds. The van der Waals surface area contributed by atoms with Crippen LogP contribution in [0.2, 0.25) is 0 Å². The topological polar surface area (TPSA) is 230 Å². The summed E-state index contributed by atoms with van der Waals surface area (Å²) in [5, 5.41) is 14.5. The lowest BCUT2D eigenvalue weighted by Crippen LogP contribution is -2.65. The van der Waals surface area contributed by atoms with Gasteiger partial charge in [0.2, 0.25) is 29.5 Å². The highest BCUT2D eigenvalue weighted by Crippen LogP contribution is 2.35. The number of rotatable bonds is 23. The number of amides is 5. The number of allylic oxidation sites excluding steroid dienone is 1. The van der Waals surface area contributed by atoms with Crippen LogP contribution < -0.4 is 43.0 Å². The van der Waals surface area contributed by atoms with E-state index in [1.807, 2.05) is 119 Å². The minimum atomic E-state index is -1.36. The maximum absolute atomic E-state index is 14.9. The smallest absolute Gasteiger partial charge is 0.246 e. The lowest BCUT2D eigenvalue weighted by Gasteiger charge is -2.39. The third-order valence-electron chi connectivity index (χ3n) is 11.5. The van der Waals surface area contributed by atoms with Crippen molar-refractivity contribution >= 4 is 52.5 Å². The number of ketones is 1. The first kappa shape index (κ1) is 50.1. The number of carbonyl (C=O) groups is 6. The molecule has 4 rings (SSSR count). The molecule has 0 saturated heterocycles. The number of nitrogens with one attached hydrogen (secondary N) is 5. The molecule has 1 aliphatic carbocycles. The summed E-state index contributed by atoms with van der Waals surface area (Å²) < 4.78 is 0. The third kappa shape index (κ3) is 14.5. The molecule has 15 heteroatoms. The van der Waals surface area contributed by atoms with Crippen molar-refractivity contribution in [3.63, 3.8) is 0 Å². The number of hydrogen-bond donors (Lipinski definition) is 7. The summed E-state index contributed by atoms with van der Waals surface area (Å²) in [4.78, 5) is 89.1. The Labute approximate surface area is 377 Å². The van der Waals surface area contributed by atoms with Gasteiger partial charge in [-0.1, -0.05) is 86.2 Å². The SMILES string of the molecule is C/C=C(/C[C@H](NC(=O)C(CCCN=C(N)N)NC(=O)C(Cc1ccccc1)NC(=O)C1(NC(=O)CCCC)CCc2c(cccc2N(C)C)C1)C(=O)NCC(C)=O)c1ccccc1C. The molecule has 0 aliphatic heterocycles. The average Bonchev–Trinajstić information content (AvgIpc) is 3.26. The van der Waals surface area contributed by atoms with Gasteiger partial charge in [-0.3, -0.25) is 33.8 Å². The number of nitrogens with zero attached hydrogens (tertiary/aromatic N) is 2. The molecular formula is C49H67N9O6. The van der Waals surface area contributed by atoms with Crippen LogP contribution in [-0.2, 0) is 48.0 Å². The zero-order valence-corrected chi connectivity index (χ0v) is 38.2. The van der Waals surface area contributed by atoms with E-state index in [9.17, 15) is 28.8 Å². The number of carbonyl (C=O) groups excluding carboxylic acids is 6. The quantitative estimate of drug-likeness (QED) is 0.0419. The number of anilines is 1. The third-order valence-corrected chi connectivity index (χ3v) is 11.5. The van der Waals surface area contributed by atoms with Crippen molar-refractivity contribution < 1.29 is 28.8 Å². The summed E-state index contributed by atoms with van der Waals surface area (Å²) in [7, 11) is 3.93. The standard InChI is InChI=1S/C49H67N9O6/c1-7-9-24-43(60)57-49(26-25-38-36(30-49)20-15-23-42(38)58(5)6)47(64)56-40(28-34-18-11-10-12-19-34)46(63)54-39(22-16-27-52-48(50)51)45(62)55-41(44(61)53-31-33(4)59)29-35(8-2)37-21-14-13-17-32(37)3/h8,10-15,17-21,23,39-41H,7,9,16,22,24-31H2,1-6H3,(H,53,61)(H,54,63)(H,55,62)(H,56,64)(H,57,60)(H4,50,51,52)/b35-8-/t39?,40?,41-,49?/m0/s1. The summed E-state index contributed by atoms with van der Waals surface area (Å²) in [6, 6.07) is 19.3. The van der Waals surface area contributed by atoms with Gasteiger partial charge < -0.3 is 43.0 Å². The Morgan fingerprint density at radius 1 is 0.844 bits per heavy atom. The van der Waals surface area contributed by atoms with Crippen molar-refractivity contribution in [1.82, 2.24) is 26.6 Å². The summed E-state index contributed by atoms with van der Waals surface area (Å²) in [5.41, 5.74) is 16.3. The van der Waals surface area contributed by atoms with Crippen LogP contribution in [0.3, 0.4) is 0 Å². The zero-order chi connectivity index (χ0) is 46.8. The maximum atomic E-state index is 14.9. The Morgan fingerprint density at radius 3 is 2.19 bits per heavy atom. The van der Waals surface area contributed by atoms with Crippen LogP contribution in [0.4, 0.5) is 5.69 Å². The fraction of sp³-hybridized carbons (Fsp3) is 0.449. The fourth-order valence-corrected chi connectivity index (χ4v) is 8.02. The normalized spacial score (nSPS) is 15.9. The summed E-state index contributed by atoms with van der Waals surface area (Å²) >= 11 is 0. The van der Waals surface area contributed by atoms with Gasteiger partial charge in [0.1, 0.15) is 29.4 Å². The molecular weight excluding hydrogens is 811 g/mol. The fourth-order valence-electron chi connectivity index (χ4n) is 8.02. The molecule has 3 aromatic carbocycles. The van der Waals surface area contributed by atoms with Gasteiger partial charge in [0.15, 0.2) is 5.96 Å². The molecule has 0 bridgehead atoms. The Balaban J connectivity index is 1.69. The van der Waals surface area contributed by atoms with Crippen LogP contribution in [0.25, 0.3) is 5.57 Å². The van der Waals surface area contributed by atoms with Crippen LogP contribution >= 0.6 is 0 Å². The van der Waals surface area contributed by atoms with Gasteiger partial charge in [-0.2, -0.15) is 0 Å². The molecule has 0 aromatic heterocycles. The second kappa shape index (κ2) is 24.4. The van der Waals surface area contributed by atoms with Crippen molar-refractivity contribution in [2.24, 2.45) is 16.5 Å². The second-order valence-corrected chi connectivity index (χ2v) is 16.8. The van der Waals surface area contributed by atoms with Crippen LogP contribution in [0.5, 0.6) is 0 Å². The van der Waals surface area contributed by atoms with E-state index >= 15 is 0 Å². The number of Topliss-reactive ketones (excluding diaryl/α,β-unsaturated/α-hetero) is 1. The Morgan fingerprint density at radius 2 is 1.53 bits per heavy atom. The Kier molecular flexibility index (Phi) is 19.1. The largest absolute Gasteiger partial charge is 0.377 e. The van der Waals surface area contributed by atoms with Gasteiger partial charge in [-0.15, -0.1) is 0 Å². The number of aliphatic imine (C=N–C) groups is 1. The molecule has 1 aliphatic rings. The second-order valence-electron chi connectivity index (χ2n) is 16.8. The lowest BCUT2D eigenvalue weighted by molar-refractivity contribution is -0.137. The first-order valence-corrected chi connectivity index (χ1v) is 22.2. The van der Waals surface area contributed by atoms with Gasteiger partial charge in [-0.05, 0) is 92.3 Å². The molecule has 3 unspecified atom stereocenters. The van der Waals surface area contributed by atoms with Gasteiger partial charge in [0.25, 0.3) is 0 Å². The van der Waals surface area contributed by atoms with E-state index in [4.69, 9.17) is 11.5 Å². The van der Waals surface area contributed by atoms with E-state index < -0.39 is 47.3 Å². The van der Waals surface area contributed by atoms with E-state index in [1.54, 1.807) is 0 Å². The van der Waals surface area contributed by atoms with Gasteiger partial charge in [0, 0.05) is 52.0 Å². The molecule has 3 aromatic rings. The van der Waals surface area contributed by atoms with Gasteiger partial charge in [0.05, 0.1) is 6.54 Å². The zero-order valence-electron chi connectivity index (χ0n) is 38.2. The monoisotopic (exact) mass is 878 g/mol. The Hall–Kier alpha value is -6.51. The van der Waals surface area contributed by atoms with Crippen LogP contribution in [0.1, 0.15) is 93.5 Å². The first-order chi connectivity index (χ1) is 30.6. The number of fused-ring (bicyclic) bond motifs is 1. The Bertz CT molecular complexity index is 2170. The van der Waals surface area contributed by atoms with E-state index in [-0.39, 0.29) is 69.3 Å². The van der Waals surface area contributed by atoms with E-state index in [0.29, 0.717) is 19.3 Å². The maximum Gasteiger partial charge on any atom is 0.246 e. The summed E-state index contributed by atoms with van der Waals surface area (Å²) in [6.45, 7) is 7.05. The number of nitrogens with two attached hydrogens (primary N) is 2. The van der Waals surface area contributed by atoms with E-state index in [0.717, 1.165) is 45.5 Å². The molecule has 64 heavy (non-hydrogen) atoms. The minimum absolute atomic E-state index is 0.0683. The number of aryl methyl sites for hydroxylation is 1. The number of unbranched alkanes of at least 4 members (excludes halogenated alkanes) is 1. The van der Waals surface area contributed by atoms with Crippen molar-refractivity contribution in [2.45, 2.75) is 116 Å². The highest BCUT2D eigenvalue weighted by molar-refractivity contribution is 5.98. The summed E-state index contributed by atoms with van der Waals surface area (Å²) in [5.74, 6) is -3.05. The predicted octanol–water partition coefficient (Wildman–Crippen LogP) is 3.54. The summed E-state index contributed by atoms with van der Waals surface area (Å²) in [6.07, 6.45) is 5.09. The number of hydrogen-bond acceptors (Lipinski definition) is 8. The molecule has 0 heterocycles. The van der Waals surface area contributed by atoms with Crippen LogP contribution in [0, 0.1) is 6.92 Å². The number of benzene rings is 3. The molecule has 0 spiro atoms. The highest BCUT2D eigenvalue weighted by Gasteiger charge is 2.44. The van der Waals surface area contributed by atoms with Crippen molar-refractivity contribution in [2.75, 3.05) is 32.1 Å². The highest BCUT2D eigenvalue weighted by atomic mass is 16.2. The lowest BCUT2D eigenvalue weighted by atomic mass is 9.76. The van der Waals surface area contributed by atoms with Gasteiger partial charge >= 0.3 is 0 Å². The van der Waals surface area contributed by atoms with Crippen molar-refractivity contribution in [3.05, 3.63) is 107 Å². The van der Waals surface area contributed by atoms with Crippen LogP contribution in [0.15, 0.2) is 83.9 Å². The average molecular weight is 878 g/mol. The minimum Gasteiger partial charge on any atom is -0.377 e. The molecule has 0 fully saturated rings. The van der Waals surface area contributed by atoms with Gasteiger partial charge in [-0.25, -0.2) is 0 Å².